The van der Waals surface area contributed by atoms with E-state index in [9.17, 15) is 0 Å². The average Bonchev–Trinajstić information content (AvgIpc) is 3.09. The van der Waals surface area contributed by atoms with Crippen molar-refractivity contribution >= 4 is 23.1 Å². The van der Waals surface area contributed by atoms with Crippen molar-refractivity contribution in [3.63, 3.8) is 0 Å². The first-order chi connectivity index (χ1) is 11.9. The predicted molar refractivity (Wildman–Crippen MR) is 102 cm³/mol. The minimum absolute atomic E-state index is 1.05. The second kappa shape index (κ2) is 5.17. The van der Waals surface area contributed by atoms with Crippen LogP contribution in [0.3, 0.4) is 0 Å². The van der Waals surface area contributed by atoms with E-state index in [1.807, 2.05) is 6.07 Å². The number of hydrogen-bond acceptors (Lipinski definition) is 1. The molecule has 0 N–H and O–H groups in total. The fraction of sp³-hybridized carbons (Fsp3) is 0. The van der Waals surface area contributed by atoms with Crippen LogP contribution in [0.4, 0.5) is 0 Å². The van der Waals surface area contributed by atoms with E-state index in [0.29, 0.717) is 0 Å². The van der Waals surface area contributed by atoms with Crippen molar-refractivity contribution < 1.29 is 0 Å². The minimum Gasteiger partial charge on any atom is -0.247 e. The SMILES string of the molecule is C1=Cc2c(-c3ccccc3)c(-c3ccccc3)nc3cccc1c23. The van der Waals surface area contributed by atoms with Crippen LogP contribution in [0.5, 0.6) is 0 Å². The third-order valence-corrected chi connectivity index (χ3v) is 4.62. The molecule has 4 aromatic rings. The zero-order valence-corrected chi connectivity index (χ0v) is 13.1. The van der Waals surface area contributed by atoms with Gasteiger partial charge < -0.3 is 0 Å². The van der Waals surface area contributed by atoms with Crippen molar-refractivity contribution in [1.82, 2.24) is 4.98 Å². The Morgan fingerprint density at radius 2 is 1.29 bits per heavy atom. The third kappa shape index (κ3) is 1.92. The normalized spacial score (nSPS) is 12.0. The predicted octanol–water partition coefficient (Wildman–Crippen LogP) is 6.05. The molecule has 0 spiro atoms. The quantitative estimate of drug-likeness (QED) is 0.387. The van der Waals surface area contributed by atoms with Gasteiger partial charge in [-0.3, -0.25) is 0 Å². The molecule has 1 aromatic heterocycles. The molecule has 5 rings (SSSR count). The molecule has 0 radical (unpaired) electrons. The molecule has 112 valence electrons. The Morgan fingerprint density at radius 1 is 0.583 bits per heavy atom. The first-order valence-corrected chi connectivity index (χ1v) is 8.17. The van der Waals surface area contributed by atoms with Gasteiger partial charge >= 0.3 is 0 Å². The monoisotopic (exact) mass is 305 g/mol. The van der Waals surface area contributed by atoms with Crippen LogP contribution in [-0.2, 0) is 0 Å². The highest BCUT2D eigenvalue weighted by Crippen LogP contribution is 2.42. The van der Waals surface area contributed by atoms with E-state index in [1.54, 1.807) is 0 Å². The van der Waals surface area contributed by atoms with Gasteiger partial charge in [-0.2, -0.15) is 0 Å². The summed E-state index contributed by atoms with van der Waals surface area (Å²) in [7, 11) is 0. The van der Waals surface area contributed by atoms with E-state index in [2.05, 4.69) is 84.9 Å². The number of benzene rings is 3. The molecule has 3 aromatic carbocycles. The molecule has 0 aliphatic heterocycles. The summed E-state index contributed by atoms with van der Waals surface area (Å²) < 4.78 is 0. The van der Waals surface area contributed by atoms with E-state index < -0.39 is 0 Å². The first kappa shape index (κ1) is 13.3. The van der Waals surface area contributed by atoms with Gasteiger partial charge in [0, 0.05) is 16.5 Å². The van der Waals surface area contributed by atoms with Gasteiger partial charge in [-0.25, -0.2) is 4.98 Å². The molecule has 0 atom stereocenters. The van der Waals surface area contributed by atoms with E-state index in [4.69, 9.17) is 4.98 Å². The maximum atomic E-state index is 5.04. The lowest BCUT2D eigenvalue weighted by atomic mass is 9.92. The Bertz CT molecular complexity index is 1080. The molecule has 0 fully saturated rings. The molecule has 24 heavy (non-hydrogen) atoms. The van der Waals surface area contributed by atoms with Crippen molar-refractivity contribution in [3.05, 3.63) is 90.0 Å². The second-order valence-electron chi connectivity index (χ2n) is 6.06. The maximum Gasteiger partial charge on any atom is 0.0794 e. The van der Waals surface area contributed by atoms with Crippen molar-refractivity contribution in [2.45, 2.75) is 0 Å². The van der Waals surface area contributed by atoms with E-state index in [1.165, 1.54) is 27.6 Å². The van der Waals surface area contributed by atoms with E-state index >= 15 is 0 Å². The van der Waals surface area contributed by atoms with Crippen LogP contribution in [0, 0.1) is 0 Å². The Kier molecular flexibility index (Phi) is 2.86. The van der Waals surface area contributed by atoms with Crippen molar-refractivity contribution in [1.29, 1.82) is 0 Å². The first-order valence-electron chi connectivity index (χ1n) is 8.17. The Hall–Kier alpha value is -3.19. The highest BCUT2D eigenvalue weighted by molar-refractivity contribution is 6.10. The molecular weight excluding hydrogens is 290 g/mol. The summed E-state index contributed by atoms with van der Waals surface area (Å²) in [6.45, 7) is 0. The number of aromatic nitrogens is 1. The largest absolute Gasteiger partial charge is 0.247 e. The van der Waals surface area contributed by atoms with Gasteiger partial charge in [-0.1, -0.05) is 84.9 Å². The minimum atomic E-state index is 1.05. The summed E-state index contributed by atoms with van der Waals surface area (Å²) in [6.07, 6.45) is 4.43. The van der Waals surface area contributed by atoms with Crippen molar-refractivity contribution in [2.24, 2.45) is 0 Å². The molecule has 1 aliphatic rings. The lowest BCUT2D eigenvalue weighted by Crippen LogP contribution is -1.95. The molecular formula is C23H15N. The summed E-state index contributed by atoms with van der Waals surface area (Å²) in [6, 6.07) is 27.4. The summed E-state index contributed by atoms with van der Waals surface area (Å²) in [5.74, 6) is 0. The van der Waals surface area contributed by atoms with Gasteiger partial charge in [-0.05, 0) is 22.8 Å². The highest BCUT2D eigenvalue weighted by atomic mass is 14.7. The zero-order valence-electron chi connectivity index (χ0n) is 13.1. The lowest BCUT2D eigenvalue weighted by molar-refractivity contribution is 1.39. The van der Waals surface area contributed by atoms with Gasteiger partial charge in [0.15, 0.2) is 0 Å². The summed E-state index contributed by atoms with van der Waals surface area (Å²) in [4.78, 5) is 5.04. The van der Waals surface area contributed by atoms with Crippen LogP contribution in [0.1, 0.15) is 11.1 Å². The molecule has 1 heteroatoms. The van der Waals surface area contributed by atoms with Gasteiger partial charge in [-0.15, -0.1) is 0 Å². The zero-order chi connectivity index (χ0) is 15.9. The summed E-state index contributed by atoms with van der Waals surface area (Å²) in [5.41, 5.74) is 8.23. The Balaban J connectivity index is 1.94. The van der Waals surface area contributed by atoms with Crippen LogP contribution in [0.2, 0.25) is 0 Å². The van der Waals surface area contributed by atoms with Crippen LogP contribution in [-0.4, -0.2) is 4.98 Å². The second-order valence-corrected chi connectivity index (χ2v) is 6.06. The van der Waals surface area contributed by atoms with Gasteiger partial charge in [0.25, 0.3) is 0 Å². The third-order valence-electron chi connectivity index (χ3n) is 4.62. The van der Waals surface area contributed by atoms with Crippen molar-refractivity contribution in [3.8, 4) is 22.4 Å². The number of pyridine rings is 1. The number of hydrogen-bond donors (Lipinski definition) is 0. The van der Waals surface area contributed by atoms with Crippen LogP contribution >= 0.6 is 0 Å². The van der Waals surface area contributed by atoms with E-state index in [0.717, 1.165) is 16.8 Å². The molecule has 0 amide bonds. The summed E-state index contributed by atoms with van der Waals surface area (Å²) >= 11 is 0. The molecule has 0 saturated heterocycles. The van der Waals surface area contributed by atoms with Crippen LogP contribution in [0.25, 0.3) is 45.4 Å². The molecule has 0 saturated carbocycles. The molecule has 1 aliphatic carbocycles. The average molecular weight is 305 g/mol. The highest BCUT2D eigenvalue weighted by Gasteiger charge is 2.20. The topological polar surface area (TPSA) is 12.9 Å². The molecule has 0 bridgehead atoms. The molecule has 0 unspecified atom stereocenters. The molecule has 1 heterocycles. The Morgan fingerprint density at radius 3 is 2.04 bits per heavy atom. The van der Waals surface area contributed by atoms with Gasteiger partial charge in [0.05, 0.1) is 11.2 Å². The fourth-order valence-corrected chi connectivity index (χ4v) is 3.55. The van der Waals surface area contributed by atoms with Crippen LogP contribution < -0.4 is 0 Å². The Labute approximate surface area is 140 Å². The summed E-state index contributed by atoms with van der Waals surface area (Å²) in [5, 5.41) is 1.26. The fourth-order valence-electron chi connectivity index (χ4n) is 3.55. The maximum absolute atomic E-state index is 5.04. The smallest absolute Gasteiger partial charge is 0.0794 e. The standard InChI is InChI=1S/C23H15N/c1-3-8-16(9-4-1)22-19-15-14-17-12-7-13-20(21(17)19)24-23(22)18-10-5-2-6-11-18/h1-15H. The number of rotatable bonds is 2. The van der Waals surface area contributed by atoms with Gasteiger partial charge in [0.1, 0.15) is 0 Å². The van der Waals surface area contributed by atoms with Crippen molar-refractivity contribution in [2.75, 3.05) is 0 Å². The van der Waals surface area contributed by atoms with E-state index in [-0.39, 0.29) is 0 Å². The van der Waals surface area contributed by atoms with Crippen LogP contribution in [0.15, 0.2) is 78.9 Å². The van der Waals surface area contributed by atoms with Gasteiger partial charge in [0.2, 0.25) is 0 Å². The lowest BCUT2D eigenvalue weighted by Gasteiger charge is -2.15. The molecule has 1 nitrogen and oxygen atoms in total. The number of nitrogens with zero attached hydrogens (tertiary/aromatic N) is 1.